The summed E-state index contributed by atoms with van der Waals surface area (Å²) in [5.41, 5.74) is 5.41. The van der Waals surface area contributed by atoms with Crippen molar-refractivity contribution in [2.24, 2.45) is 0 Å². The van der Waals surface area contributed by atoms with Gasteiger partial charge in [-0.1, -0.05) is 41.9 Å². The predicted molar refractivity (Wildman–Crippen MR) is 148 cm³/mol. The monoisotopic (exact) mass is 524 g/mol. The van der Waals surface area contributed by atoms with E-state index in [9.17, 15) is 14.4 Å². The molecule has 1 atom stereocenters. The number of ketones is 1. The highest BCUT2D eigenvalue weighted by Gasteiger charge is 2.20. The van der Waals surface area contributed by atoms with Crippen LogP contribution in [0, 0.1) is 18.3 Å². The predicted octanol–water partition coefficient (Wildman–Crippen LogP) is 6.21. The van der Waals surface area contributed by atoms with Crippen LogP contribution in [0.25, 0.3) is 22.3 Å². The largest absolute Gasteiger partial charge is 0.495 e. The fourth-order valence-electron chi connectivity index (χ4n) is 4.54. The number of aldehydes is 1. The van der Waals surface area contributed by atoms with Gasteiger partial charge in [0.05, 0.1) is 31.0 Å². The van der Waals surface area contributed by atoms with E-state index in [1.54, 1.807) is 24.3 Å². The number of hydrogen-bond donors (Lipinski definition) is 0. The first kappa shape index (κ1) is 26.6. The molecule has 3 aromatic carbocycles. The third kappa shape index (κ3) is 5.44. The van der Waals surface area contributed by atoms with E-state index < -0.39 is 11.6 Å². The molecule has 0 amide bonds. The smallest absolute Gasteiger partial charge is 0.252 e. The molecule has 1 heterocycles. The van der Waals surface area contributed by atoms with Crippen molar-refractivity contribution in [3.63, 3.8) is 0 Å². The fourth-order valence-corrected chi connectivity index (χ4v) is 4.71. The second-order valence-corrected chi connectivity index (χ2v) is 9.43. The van der Waals surface area contributed by atoms with Crippen molar-refractivity contribution in [1.29, 1.82) is 5.26 Å². The van der Waals surface area contributed by atoms with Crippen molar-refractivity contribution in [3.05, 3.63) is 111 Å². The Morgan fingerprint density at radius 2 is 1.79 bits per heavy atom. The maximum atomic E-state index is 13.2. The molecule has 0 fully saturated rings. The number of halogens is 1. The van der Waals surface area contributed by atoms with Crippen LogP contribution in [0.1, 0.15) is 40.0 Å². The third-order valence-electron chi connectivity index (χ3n) is 6.49. The highest BCUT2D eigenvalue weighted by Crippen LogP contribution is 2.34. The summed E-state index contributed by atoms with van der Waals surface area (Å²) in [5, 5.41) is 9.52. The minimum atomic E-state index is -0.764. The number of hydrogen-bond acceptors (Lipinski definition) is 5. The minimum absolute atomic E-state index is 0.173. The topological polar surface area (TPSA) is 89.2 Å². The molecule has 0 aliphatic rings. The van der Waals surface area contributed by atoms with Gasteiger partial charge in [-0.2, -0.15) is 5.26 Å². The van der Waals surface area contributed by atoms with E-state index >= 15 is 0 Å². The van der Waals surface area contributed by atoms with E-state index in [1.807, 2.05) is 43.3 Å². The van der Waals surface area contributed by atoms with Crippen molar-refractivity contribution < 1.29 is 14.3 Å². The Kier molecular flexibility index (Phi) is 7.90. The summed E-state index contributed by atoms with van der Waals surface area (Å²) in [6.07, 6.45) is 2.53. The van der Waals surface area contributed by atoms with Gasteiger partial charge in [0.25, 0.3) is 5.56 Å². The lowest BCUT2D eigenvalue weighted by Crippen LogP contribution is -2.26. The van der Waals surface area contributed by atoms with Crippen LogP contribution in [0.4, 0.5) is 0 Å². The number of Topliss-reactive ketones (excluding diaryl/α,β-unsaturated/α-hetero) is 1. The summed E-state index contributed by atoms with van der Waals surface area (Å²) in [6, 6.07) is 20.9. The Balaban J connectivity index is 1.66. The van der Waals surface area contributed by atoms with Crippen LogP contribution < -0.4 is 10.3 Å². The first-order valence-electron chi connectivity index (χ1n) is 11.9. The summed E-state index contributed by atoms with van der Waals surface area (Å²) in [6.45, 7) is 3.40. The molecular weight excluding hydrogens is 500 g/mol. The first-order chi connectivity index (χ1) is 18.2. The fraction of sp³-hybridized carbons (Fsp3) is 0.161. The zero-order valence-corrected chi connectivity index (χ0v) is 22.0. The molecule has 7 heteroatoms. The van der Waals surface area contributed by atoms with Crippen molar-refractivity contribution >= 4 is 23.7 Å². The van der Waals surface area contributed by atoms with Gasteiger partial charge in [-0.15, -0.1) is 0 Å². The summed E-state index contributed by atoms with van der Waals surface area (Å²) in [4.78, 5) is 37.5. The van der Waals surface area contributed by atoms with E-state index in [4.69, 9.17) is 21.6 Å². The zero-order chi connectivity index (χ0) is 27.4. The Bertz CT molecular complexity index is 1630. The quantitative estimate of drug-likeness (QED) is 0.202. The Morgan fingerprint density at radius 3 is 2.39 bits per heavy atom. The Hall–Kier alpha value is -4.47. The molecule has 6 nitrogen and oxygen atoms in total. The SMILES string of the molecule is COc1cn(C(C=O)Cc2ccc(-c3ccc(C#N)cc3C)cc2)c(=O)cc1-c1cc(Cl)ccc1C(C)=O. The van der Waals surface area contributed by atoms with Gasteiger partial charge in [0, 0.05) is 28.6 Å². The molecule has 0 spiro atoms. The lowest BCUT2D eigenvalue weighted by atomic mass is 9.96. The molecule has 0 radical (unpaired) electrons. The molecule has 0 aliphatic heterocycles. The molecule has 38 heavy (non-hydrogen) atoms. The number of aryl methyl sites for hydroxylation is 1. The number of nitrogens with zero attached hydrogens (tertiary/aromatic N) is 2. The highest BCUT2D eigenvalue weighted by molar-refractivity contribution is 6.31. The van der Waals surface area contributed by atoms with E-state index in [2.05, 4.69) is 6.07 Å². The molecule has 0 aliphatic carbocycles. The Labute approximate surface area is 225 Å². The van der Waals surface area contributed by atoms with Crippen LogP contribution >= 0.6 is 11.6 Å². The summed E-state index contributed by atoms with van der Waals surface area (Å²) >= 11 is 6.18. The Morgan fingerprint density at radius 1 is 1.05 bits per heavy atom. The van der Waals surface area contributed by atoms with Gasteiger partial charge in [0.15, 0.2) is 5.78 Å². The average Bonchev–Trinajstić information content (AvgIpc) is 2.92. The molecule has 190 valence electrons. The van der Waals surface area contributed by atoms with Gasteiger partial charge in [0.1, 0.15) is 12.0 Å². The van der Waals surface area contributed by atoms with Gasteiger partial charge < -0.3 is 14.1 Å². The van der Waals surface area contributed by atoms with Gasteiger partial charge in [0.2, 0.25) is 0 Å². The molecule has 1 unspecified atom stereocenters. The molecule has 1 aromatic heterocycles. The van der Waals surface area contributed by atoms with Crippen molar-refractivity contribution in [2.45, 2.75) is 26.3 Å². The van der Waals surface area contributed by atoms with Crippen LogP contribution in [0.5, 0.6) is 5.75 Å². The van der Waals surface area contributed by atoms with Gasteiger partial charge in [-0.3, -0.25) is 9.59 Å². The molecular formula is C31H25ClN2O4. The molecule has 0 N–H and O–H groups in total. The normalized spacial score (nSPS) is 11.4. The number of rotatable bonds is 8. The van der Waals surface area contributed by atoms with Crippen molar-refractivity contribution in [3.8, 4) is 34.1 Å². The van der Waals surface area contributed by atoms with E-state index in [-0.39, 0.29) is 5.78 Å². The number of ether oxygens (including phenoxy) is 1. The lowest BCUT2D eigenvalue weighted by molar-refractivity contribution is -0.110. The zero-order valence-electron chi connectivity index (χ0n) is 21.2. The second kappa shape index (κ2) is 11.3. The standard InChI is InChI=1S/C31H25ClN2O4/c1-19-12-22(16-33)6-10-26(19)23-7-4-21(5-8-23)13-25(18-35)34-17-30(38-3)29(15-31(34)37)28-14-24(32)9-11-27(28)20(2)36/h4-12,14-15,17-18,25H,13H2,1-3H3. The molecule has 4 aromatic rings. The molecule has 0 bridgehead atoms. The summed E-state index contributed by atoms with van der Waals surface area (Å²) in [7, 11) is 1.46. The number of pyridine rings is 1. The summed E-state index contributed by atoms with van der Waals surface area (Å²) in [5.74, 6) is 0.168. The highest BCUT2D eigenvalue weighted by atomic mass is 35.5. The number of nitriles is 1. The maximum Gasteiger partial charge on any atom is 0.252 e. The van der Waals surface area contributed by atoms with Crippen LogP contribution in [-0.2, 0) is 11.2 Å². The maximum absolute atomic E-state index is 13.2. The van der Waals surface area contributed by atoms with Crippen LogP contribution in [0.3, 0.4) is 0 Å². The van der Waals surface area contributed by atoms with Gasteiger partial charge in [-0.25, -0.2) is 0 Å². The number of aromatic nitrogens is 1. The molecule has 0 saturated carbocycles. The first-order valence-corrected chi connectivity index (χ1v) is 12.3. The van der Waals surface area contributed by atoms with Crippen molar-refractivity contribution in [2.75, 3.05) is 7.11 Å². The van der Waals surface area contributed by atoms with Gasteiger partial charge >= 0.3 is 0 Å². The van der Waals surface area contributed by atoms with Crippen LogP contribution in [-0.4, -0.2) is 23.7 Å². The molecule has 0 saturated heterocycles. The van der Waals surface area contributed by atoms with E-state index in [0.717, 1.165) is 28.5 Å². The minimum Gasteiger partial charge on any atom is -0.495 e. The number of benzene rings is 3. The van der Waals surface area contributed by atoms with Gasteiger partial charge in [-0.05, 0) is 72.0 Å². The van der Waals surface area contributed by atoms with Crippen LogP contribution in [0.2, 0.25) is 5.02 Å². The summed E-state index contributed by atoms with van der Waals surface area (Å²) < 4.78 is 6.90. The van der Waals surface area contributed by atoms with Crippen LogP contribution in [0.15, 0.2) is 77.7 Å². The van der Waals surface area contributed by atoms with Crippen molar-refractivity contribution in [1.82, 2.24) is 4.57 Å². The number of carbonyl (C=O) groups excluding carboxylic acids is 2. The number of carbonyl (C=O) groups is 2. The van der Waals surface area contributed by atoms with E-state index in [0.29, 0.717) is 39.4 Å². The second-order valence-electron chi connectivity index (χ2n) is 8.99. The molecule has 4 rings (SSSR count). The third-order valence-corrected chi connectivity index (χ3v) is 6.73. The lowest BCUT2D eigenvalue weighted by Gasteiger charge is -2.18. The number of methoxy groups -OCH3 is 1. The average molecular weight is 525 g/mol. The van der Waals surface area contributed by atoms with E-state index in [1.165, 1.54) is 30.9 Å².